The lowest BCUT2D eigenvalue weighted by Crippen LogP contribution is -2.44. The fraction of sp³-hybridized carbons (Fsp3) is 0.500. The lowest BCUT2D eigenvalue weighted by atomic mass is 9.97. The van der Waals surface area contributed by atoms with E-state index in [4.69, 9.17) is 0 Å². The van der Waals surface area contributed by atoms with Crippen LogP contribution in [0, 0.1) is 5.92 Å². The summed E-state index contributed by atoms with van der Waals surface area (Å²) in [5.74, 6) is -0.580. The van der Waals surface area contributed by atoms with E-state index in [2.05, 4.69) is 17.2 Å². The maximum atomic E-state index is 12.9. The van der Waals surface area contributed by atoms with E-state index in [-0.39, 0.29) is 17.7 Å². The topological polar surface area (TPSA) is 95.6 Å². The SMILES string of the molecule is C=CC(=O)NCCNC(=O)C1CCN(S(=O)(=O)c2ccc3c(c2)CCC3)CC1. The van der Waals surface area contributed by atoms with Crippen LogP contribution in [0.15, 0.2) is 35.7 Å². The number of amides is 2. The van der Waals surface area contributed by atoms with Crippen LogP contribution in [0.4, 0.5) is 0 Å². The number of carbonyl (C=O) groups is 2. The molecule has 1 saturated heterocycles. The standard InChI is InChI=1S/C20H27N3O4S/c1-2-19(24)21-10-11-22-20(25)16-8-12-23(13-9-16)28(26,27)18-7-6-15-4-3-5-17(15)14-18/h2,6-7,14,16H,1,3-5,8-13H2,(H,21,24)(H,22,25). The quantitative estimate of drug-likeness (QED) is 0.522. The Morgan fingerprint density at radius 2 is 1.79 bits per heavy atom. The van der Waals surface area contributed by atoms with Gasteiger partial charge in [0.2, 0.25) is 21.8 Å². The number of sulfonamides is 1. The van der Waals surface area contributed by atoms with E-state index < -0.39 is 10.0 Å². The lowest BCUT2D eigenvalue weighted by Gasteiger charge is -2.30. The highest BCUT2D eigenvalue weighted by Gasteiger charge is 2.32. The summed E-state index contributed by atoms with van der Waals surface area (Å²) in [6.07, 6.45) is 5.21. The summed E-state index contributed by atoms with van der Waals surface area (Å²) in [7, 11) is -3.52. The molecular weight excluding hydrogens is 378 g/mol. The molecule has 1 aliphatic carbocycles. The Bertz CT molecular complexity index is 858. The van der Waals surface area contributed by atoms with Gasteiger partial charge in [-0.05, 0) is 61.4 Å². The Hall–Kier alpha value is -2.19. The highest BCUT2D eigenvalue weighted by Crippen LogP contribution is 2.28. The molecule has 1 fully saturated rings. The van der Waals surface area contributed by atoms with Gasteiger partial charge in [-0.2, -0.15) is 4.31 Å². The van der Waals surface area contributed by atoms with Crippen molar-refractivity contribution in [2.75, 3.05) is 26.2 Å². The van der Waals surface area contributed by atoms with Crippen molar-refractivity contribution in [2.24, 2.45) is 5.92 Å². The van der Waals surface area contributed by atoms with Crippen LogP contribution in [-0.2, 0) is 32.5 Å². The zero-order valence-corrected chi connectivity index (χ0v) is 16.8. The van der Waals surface area contributed by atoms with Crippen molar-refractivity contribution in [1.82, 2.24) is 14.9 Å². The molecule has 0 saturated carbocycles. The number of nitrogens with zero attached hydrogens (tertiary/aromatic N) is 1. The van der Waals surface area contributed by atoms with Gasteiger partial charge in [0.05, 0.1) is 4.90 Å². The zero-order chi connectivity index (χ0) is 20.1. The first-order valence-corrected chi connectivity index (χ1v) is 11.2. The first-order valence-electron chi connectivity index (χ1n) is 9.72. The number of hydrogen-bond acceptors (Lipinski definition) is 4. The Kier molecular flexibility index (Phi) is 6.51. The smallest absolute Gasteiger partial charge is 0.243 e. The summed E-state index contributed by atoms with van der Waals surface area (Å²) in [6, 6.07) is 5.45. The van der Waals surface area contributed by atoms with E-state index in [1.165, 1.54) is 15.9 Å². The van der Waals surface area contributed by atoms with E-state index in [0.717, 1.165) is 24.8 Å². The molecule has 0 bridgehead atoms. The number of hydrogen-bond donors (Lipinski definition) is 2. The monoisotopic (exact) mass is 405 g/mol. The second kappa shape index (κ2) is 8.87. The third-order valence-electron chi connectivity index (χ3n) is 5.44. The largest absolute Gasteiger partial charge is 0.354 e. The maximum absolute atomic E-state index is 12.9. The van der Waals surface area contributed by atoms with Crippen LogP contribution in [0.1, 0.15) is 30.4 Å². The van der Waals surface area contributed by atoms with E-state index in [1.54, 1.807) is 6.07 Å². The summed E-state index contributed by atoms with van der Waals surface area (Å²) >= 11 is 0. The van der Waals surface area contributed by atoms with Crippen molar-refractivity contribution >= 4 is 21.8 Å². The Balaban J connectivity index is 1.51. The number of nitrogens with one attached hydrogen (secondary N) is 2. The summed E-state index contributed by atoms with van der Waals surface area (Å²) in [5, 5.41) is 5.38. The van der Waals surface area contributed by atoms with Crippen molar-refractivity contribution in [3.05, 3.63) is 42.0 Å². The second-order valence-corrected chi connectivity index (χ2v) is 9.19. The average Bonchev–Trinajstić information content (AvgIpc) is 3.18. The zero-order valence-electron chi connectivity index (χ0n) is 15.9. The third kappa shape index (κ3) is 4.62. The van der Waals surface area contributed by atoms with Gasteiger partial charge in [0.25, 0.3) is 0 Å². The molecule has 0 unspecified atom stereocenters. The van der Waals surface area contributed by atoms with Crippen LogP contribution in [-0.4, -0.2) is 50.7 Å². The molecule has 0 spiro atoms. The summed E-state index contributed by atoms with van der Waals surface area (Å²) in [4.78, 5) is 23.7. The highest BCUT2D eigenvalue weighted by molar-refractivity contribution is 7.89. The van der Waals surface area contributed by atoms with Crippen LogP contribution in [0.25, 0.3) is 0 Å². The van der Waals surface area contributed by atoms with E-state index in [1.807, 2.05) is 12.1 Å². The number of benzene rings is 1. The van der Waals surface area contributed by atoms with Crippen molar-refractivity contribution < 1.29 is 18.0 Å². The van der Waals surface area contributed by atoms with Crippen molar-refractivity contribution in [3.63, 3.8) is 0 Å². The summed E-state index contributed by atoms with van der Waals surface area (Å²) in [5.41, 5.74) is 2.39. The van der Waals surface area contributed by atoms with Crippen molar-refractivity contribution in [2.45, 2.75) is 37.0 Å². The van der Waals surface area contributed by atoms with Gasteiger partial charge < -0.3 is 10.6 Å². The van der Waals surface area contributed by atoms with Crippen LogP contribution in [0.2, 0.25) is 0 Å². The predicted octanol–water partition coefficient (Wildman–Crippen LogP) is 0.994. The highest BCUT2D eigenvalue weighted by atomic mass is 32.2. The maximum Gasteiger partial charge on any atom is 0.243 e. The Labute approximate surface area is 166 Å². The molecule has 1 aromatic rings. The number of carbonyl (C=O) groups excluding carboxylic acids is 2. The minimum Gasteiger partial charge on any atom is -0.354 e. The van der Waals surface area contributed by atoms with Crippen LogP contribution < -0.4 is 10.6 Å². The fourth-order valence-corrected chi connectivity index (χ4v) is 5.32. The van der Waals surface area contributed by atoms with Gasteiger partial charge in [-0.25, -0.2) is 8.42 Å². The Morgan fingerprint density at radius 1 is 1.11 bits per heavy atom. The third-order valence-corrected chi connectivity index (χ3v) is 7.34. The minimum atomic E-state index is -3.52. The molecule has 8 heteroatoms. The molecule has 3 rings (SSSR count). The first-order chi connectivity index (χ1) is 13.4. The molecule has 2 N–H and O–H groups in total. The molecule has 0 aromatic heterocycles. The number of rotatable bonds is 7. The molecule has 2 aliphatic rings. The summed E-state index contributed by atoms with van der Waals surface area (Å²) in [6.45, 7) is 4.71. The first kappa shape index (κ1) is 20.5. The number of fused-ring (bicyclic) bond motifs is 1. The predicted molar refractivity (Wildman–Crippen MR) is 106 cm³/mol. The molecule has 0 radical (unpaired) electrons. The van der Waals surface area contributed by atoms with Gasteiger partial charge in [0.15, 0.2) is 0 Å². The van der Waals surface area contributed by atoms with Crippen LogP contribution >= 0.6 is 0 Å². The fourth-order valence-electron chi connectivity index (χ4n) is 3.80. The van der Waals surface area contributed by atoms with Gasteiger partial charge in [0, 0.05) is 32.1 Å². The molecule has 0 atom stereocenters. The van der Waals surface area contributed by atoms with Gasteiger partial charge in [0.1, 0.15) is 0 Å². The lowest BCUT2D eigenvalue weighted by molar-refractivity contribution is -0.126. The van der Waals surface area contributed by atoms with Crippen LogP contribution in [0.5, 0.6) is 0 Å². The van der Waals surface area contributed by atoms with Gasteiger partial charge in [-0.1, -0.05) is 12.6 Å². The average molecular weight is 406 g/mol. The molecule has 1 aliphatic heterocycles. The van der Waals surface area contributed by atoms with Crippen LogP contribution in [0.3, 0.4) is 0 Å². The van der Waals surface area contributed by atoms with Crippen molar-refractivity contribution in [1.29, 1.82) is 0 Å². The van der Waals surface area contributed by atoms with Gasteiger partial charge in [-0.15, -0.1) is 0 Å². The summed E-state index contributed by atoms with van der Waals surface area (Å²) < 4.78 is 27.4. The molecule has 1 aromatic carbocycles. The molecule has 7 nitrogen and oxygen atoms in total. The van der Waals surface area contributed by atoms with E-state index >= 15 is 0 Å². The van der Waals surface area contributed by atoms with Crippen molar-refractivity contribution in [3.8, 4) is 0 Å². The van der Waals surface area contributed by atoms with Gasteiger partial charge in [-0.3, -0.25) is 9.59 Å². The number of aryl methyl sites for hydroxylation is 2. The molecule has 1 heterocycles. The molecule has 28 heavy (non-hydrogen) atoms. The Morgan fingerprint density at radius 3 is 2.50 bits per heavy atom. The molecule has 2 amide bonds. The molecule has 152 valence electrons. The molecular formula is C20H27N3O4S. The van der Waals surface area contributed by atoms with E-state index in [0.29, 0.717) is 43.9 Å². The number of piperidine rings is 1. The van der Waals surface area contributed by atoms with Gasteiger partial charge >= 0.3 is 0 Å². The minimum absolute atomic E-state index is 0.0950. The van der Waals surface area contributed by atoms with E-state index in [9.17, 15) is 18.0 Å². The second-order valence-electron chi connectivity index (χ2n) is 7.25. The normalized spacial score (nSPS) is 17.7.